The number of carbonyl (C=O) groups is 1. The number of hydrogen-bond acceptors (Lipinski definition) is 7. The molecule has 0 fully saturated rings. The molecule has 0 aromatic heterocycles. The van der Waals surface area contributed by atoms with Gasteiger partial charge in [0.15, 0.2) is 0 Å². The van der Waals surface area contributed by atoms with Gasteiger partial charge in [0, 0.05) is 12.1 Å². The number of amides is 1. The summed E-state index contributed by atoms with van der Waals surface area (Å²) in [7, 11) is -3.69. The predicted octanol–water partition coefficient (Wildman–Crippen LogP) is 4.90. The van der Waals surface area contributed by atoms with Crippen molar-refractivity contribution in [1.29, 1.82) is 0 Å². The summed E-state index contributed by atoms with van der Waals surface area (Å²) in [6.45, 7) is 0.321. The van der Waals surface area contributed by atoms with Crippen LogP contribution >= 0.6 is 0 Å². The number of ether oxygens (including phenoxy) is 1. The minimum atomic E-state index is -3.69. The average molecular weight is 559 g/mol. The van der Waals surface area contributed by atoms with Gasteiger partial charge in [-0.05, 0) is 65.2 Å². The van der Waals surface area contributed by atoms with E-state index in [4.69, 9.17) is 4.74 Å². The minimum absolute atomic E-state index is 0.0166. The van der Waals surface area contributed by atoms with Gasteiger partial charge in [0.2, 0.25) is 10.0 Å². The molecular weight excluding hydrogens is 532 g/mol. The molecule has 10 nitrogen and oxygen atoms in total. The van der Waals surface area contributed by atoms with Gasteiger partial charge in [-0.3, -0.25) is 19.2 Å². The Morgan fingerprint density at radius 2 is 1.57 bits per heavy atom. The minimum Gasteiger partial charge on any atom is -0.489 e. The number of hydrazone groups is 1. The maximum Gasteiger partial charge on any atom is 0.273 e. The number of hydrogen-bond donors (Lipinski definition) is 1. The Morgan fingerprint density at radius 1 is 0.925 bits per heavy atom. The third-order valence-electron chi connectivity index (χ3n) is 5.80. The van der Waals surface area contributed by atoms with Crippen molar-refractivity contribution in [1.82, 2.24) is 5.43 Å². The highest BCUT2D eigenvalue weighted by Gasteiger charge is 2.23. The molecule has 4 rings (SSSR count). The molecule has 0 bridgehead atoms. The van der Waals surface area contributed by atoms with Gasteiger partial charge in [0.25, 0.3) is 11.6 Å². The summed E-state index contributed by atoms with van der Waals surface area (Å²) < 4.78 is 32.2. The molecule has 0 atom stereocenters. The number of benzene rings is 4. The van der Waals surface area contributed by atoms with E-state index >= 15 is 0 Å². The van der Waals surface area contributed by atoms with Crippen molar-refractivity contribution in [3.8, 4) is 5.75 Å². The van der Waals surface area contributed by atoms with E-state index in [0.717, 1.165) is 17.4 Å². The molecule has 0 spiro atoms. The van der Waals surface area contributed by atoms with E-state index in [1.165, 1.54) is 22.7 Å². The molecule has 0 radical (unpaired) electrons. The Morgan fingerprint density at radius 3 is 2.23 bits per heavy atom. The van der Waals surface area contributed by atoms with Crippen LogP contribution in [0.3, 0.4) is 0 Å². The molecule has 1 N–H and O–H groups in total. The number of nitro groups is 1. The van der Waals surface area contributed by atoms with Crippen molar-refractivity contribution < 1.29 is 22.9 Å². The second kappa shape index (κ2) is 12.7. The lowest BCUT2D eigenvalue weighted by Crippen LogP contribution is -2.32. The van der Waals surface area contributed by atoms with Gasteiger partial charge in [-0.15, -0.1) is 0 Å². The lowest BCUT2D eigenvalue weighted by molar-refractivity contribution is -0.384. The van der Waals surface area contributed by atoms with Crippen LogP contribution in [0, 0.1) is 10.1 Å². The van der Waals surface area contributed by atoms with Crippen LogP contribution in [0.15, 0.2) is 108 Å². The lowest BCUT2D eigenvalue weighted by atomic mass is 10.1. The number of anilines is 1. The van der Waals surface area contributed by atoms with Gasteiger partial charge in [0.1, 0.15) is 12.4 Å². The molecule has 40 heavy (non-hydrogen) atoms. The van der Waals surface area contributed by atoms with E-state index in [-0.39, 0.29) is 30.1 Å². The first-order valence-corrected chi connectivity index (χ1v) is 14.0. The molecule has 204 valence electrons. The van der Waals surface area contributed by atoms with E-state index < -0.39 is 20.9 Å². The number of rotatable bonds is 11. The van der Waals surface area contributed by atoms with Gasteiger partial charge in [-0.1, -0.05) is 42.5 Å². The summed E-state index contributed by atoms with van der Waals surface area (Å²) in [5.74, 6) is 0.0318. The fourth-order valence-corrected chi connectivity index (χ4v) is 4.67. The third kappa shape index (κ3) is 7.51. The summed E-state index contributed by atoms with van der Waals surface area (Å²) in [4.78, 5) is 23.3. The SMILES string of the molecule is CS(=O)(=O)N(Cc1ccccc1)c1ccccc1C(=O)NN=Cc1ccc(OCc2ccc([N+](=O)[O-])cc2)cc1. The first kappa shape index (κ1) is 28.0. The van der Waals surface area contributed by atoms with Crippen LogP contribution in [0.1, 0.15) is 27.0 Å². The predicted molar refractivity (Wildman–Crippen MR) is 153 cm³/mol. The molecule has 0 aliphatic rings. The maximum absolute atomic E-state index is 13.0. The number of para-hydroxylation sites is 1. The quantitative estimate of drug-likeness (QED) is 0.158. The molecule has 0 aliphatic heterocycles. The monoisotopic (exact) mass is 558 g/mol. The second-order valence-electron chi connectivity index (χ2n) is 8.75. The summed E-state index contributed by atoms with van der Waals surface area (Å²) in [5, 5.41) is 14.8. The Kier molecular flexibility index (Phi) is 8.87. The Labute approximate surface area is 231 Å². The zero-order valence-corrected chi connectivity index (χ0v) is 22.3. The van der Waals surface area contributed by atoms with Crippen molar-refractivity contribution in [2.45, 2.75) is 13.2 Å². The Hall–Kier alpha value is -5.03. The molecule has 1 amide bonds. The standard InChI is InChI=1S/C29H26N4O6S/c1-40(37,38)32(20-23-7-3-2-4-8-23)28-10-6-5-9-27(28)29(34)31-30-19-22-13-17-26(18-14-22)39-21-24-11-15-25(16-12-24)33(35)36/h2-19H,20-21H2,1H3,(H,31,34). The van der Waals surface area contributed by atoms with Crippen LogP contribution in [-0.2, 0) is 23.2 Å². The van der Waals surface area contributed by atoms with Gasteiger partial charge >= 0.3 is 0 Å². The van der Waals surface area contributed by atoms with Crippen molar-refractivity contribution in [3.63, 3.8) is 0 Å². The van der Waals surface area contributed by atoms with Crippen LogP contribution < -0.4 is 14.5 Å². The molecule has 0 aliphatic carbocycles. The molecule has 4 aromatic rings. The lowest BCUT2D eigenvalue weighted by Gasteiger charge is -2.24. The van der Waals surface area contributed by atoms with Crippen LogP contribution in [0.2, 0.25) is 0 Å². The summed E-state index contributed by atoms with van der Waals surface area (Å²) >= 11 is 0. The molecule has 0 saturated carbocycles. The highest BCUT2D eigenvalue weighted by molar-refractivity contribution is 7.92. The number of nitro benzene ring substituents is 1. The topological polar surface area (TPSA) is 131 Å². The number of sulfonamides is 1. The highest BCUT2D eigenvalue weighted by atomic mass is 32.2. The second-order valence-corrected chi connectivity index (χ2v) is 10.7. The highest BCUT2D eigenvalue weighted by Crippen LogP contribution is 2.25. The summed E-state index contributed by atoms with van der Waals surface area (Å²) in [6.07, 6.45) is 2.56. The van der Waals surface area contributed by atoms with Gasteiger partial charge in [-0.25, -0.2) is 13.8 Å². The smallest absolute Gasteiger partial charge is 0.273 e. The first-order chi connectivity index (χ1) is 19.2. The first-order valence-electron chi connectivity index (χ1n) is 12.1. The molecule has 0 saturated heterocycles. The third-order valence-corrected chi connectivity index (χ3v) is 6.93. The number of carbonyl (C=O) groups excluding carboxylic acids is 1. The molecule has 11 heteroatoms. The number of nitrogens with zero attached hydrogens (tertiary/aromatic N) is 3. The largest absolute Gasteiger partial charge is 0.489 e. The van der Waals surface area contributed by atoms with Crippen LogP contribution in [0.4, 0.5) is 11.4 Å². The van der Waals surface area contributed by atoms with E-state index in [2.05, 4.69) is 10.5 Å². The van der Waals surface area contributed by atoms with Crippen LogP contribution in [0.25, 0.3) is 0 Å². The number of non-ortho nitro benzene ring substituents is 1. The van der Waals surface area contributed by atoms with Crippen LogP contribution in [-0.4, -0.2) is 31.7 Å². The molecular formula is C29H26N4O6S. The Balaban J connectivity index is 1.39. The fraction of sp³-hybridized carbons (Fsp3) is 0.103. The van der Waals surface area contributed by atoms with Crippen molar-refractivity contribution in [3.05, 3.63) is 135 Å². The van der Waals surface area contributed by atoms with E-state index in [1.54, 1.807) is 60.7 Å². The summed E-state index contributed by atoms with van der Waals surface area (Å²) in [5.41, 5.74) is 5.15. The number of nitrogens with one attached hydrogen (secondary N) is 1. The van der Waals surface area contributed by atoms with Crippen molar-refractivity contribution >= 4 is 33.5 Å². The fourth-order valence-electron chi connectivity index (χ4n) is 3.77. The van der Waals surface area contributed by atoms with Crippen molar-refractivity contribution in [2.75, 3.05) is 10.6 Å². The van der Waals surface area contributed by atoms with Crippen LogP contribution in [0.5, 0.6) is 5.75 Å². The Bertz CT molecular complexity index is 1610. The van der Waals surface area contributed by atoms with E-state index in [1.807, 2.05) is 30.3 Å². The zero-order chi connectivity index (χ0) is 28.5. The average Bonchev–Trinajstić information content (AvgIpc) is 2.95. The zero-order valence-electron chi connectivity index (χ0n) is 21.5. The molecule has 0 heterocycles. The van der Waals surface area contributed by atoms with Crippen molar-refractivity contribution in [2.24, 2.45) is 5.10 Å². The molecule has 0 unspecified atom stereocenters. The summed E-state index contributed by atoms with van der Waals surface area (Å²) in [6, 6.07) is 28.7. The van der Waals surface area contributed by atoms with E-state index in [0.29, 0.717) is 11.3 Å². The van der Waals surface area contributed by atoms with Gasteiger partial charge in [-0.2, -0.15) is 5.10 Å². The van der Waals surface area contributed by atoms with Gasteiger partial charge < -0.3 is 4.74 Å². The normalized spacial score (nSPS) is 11.2. The van der Waals surface area contributed by atoms with E-state index in [9.17, 15) is 23.3 Å². The van der Waals surface area contributed by atoms with Gasteiger partial charge in [0.05, 0.1) is 35.2 Å². The molecule has 4 aromatic carbocycles. The maximum atomic E-state index is 13.0.